The summed E-state index contributed by atoms with van der Waals surface area (Å²) in [6, 6.07) is 8.29. The predicted molar refractivity (Wildman–Crippen MR) is 62.3 cm³/mol. The van der Waals surface area contributed by atoms with Crippen molar-refractivity contribution >= 4 is 11.5 Å². The Morgan fingerprint density at radius 3 is 2.27 bits per heavy atom. The normalized spacial score (nSPS) is 22.2. The van der Waals surface area contributed by atoms with Crippen LogP contribution in [0.2, 0.25) is 0 Å². The fourth-order valence-corrected chi connectivity index (χ4v) is 1.72. The van der Waals surface area contributed by atoms with Crippen LogP contribution in [0.1, 0.15) is 37.6 Å². The molecule has 0 aliphatic heterocycles. The van der Waals surface area contributed by atoms with Crippen molar-refractivity contribution in [3.8, 4) is 0 Å². The first kappa shape index (κ1) is 10.2. The van der Waals surface area contributed by atoms with Gasteiger partial charge >= 0.3 is 0 Å². The van der Waals surface area contributed by atoms with Crippen molar-refractivity contribution in [2.75, 3.05) is 5.32 Å². The first-order chi connectivity index (χ1) is 6.99. The van der Waals surface area contributed by atoms with E-state index in [2.05, 4.69) is 19.2 Å². The molecule has 0 amide bonds. The van der Waals surface area contributed by atoms with E-state index in [9.17, 15) is 4.79 Å². The van der Waals surface area contributed by atoms with E-state index in [1.54, 1.807) is 6.92 Å². The van der Waals surface area contributed by atoms with Crippen LogP contribution in [0.5, 0.6) is 0 Å². The Balaban J connectivity index is 2.02. The number of anilines is 1. The van der Waals surface area contributed by atoms with Crippen LogP contribution in [-0.2, 0) is 0 Å². The molecule has 1 aliphatic carbocycles. The van der Waals surface area contributed by atoms with Gasteiger partial charge in [0.1, 0.15) is 0 Å². The summed E-state index contributed by atoms with van der Waals surface area (Å²) in [5.41, 5.74) is 2.31. The lowest BCUT2D eigenvalue weighted by molar-refractivity contribution is 0.101. The number of ketones is 1. The second-order valence-electron chi connectivity index (χ2n) is 5.02. The summed E-state index contributed by atoms with van der Waals surface area (Å²) in [6.07, 6.45) is 1.22. The monoisotopic (exact) mass is 203 g/mol. The van der Waals surface area contributed by atoms with Gasteiger partial charge in [0.15, 0.2) is 5.78 Å². The minimum atomic E-state index is 0.119. The molecule has 2 heteroatoms. The molecule has 1 aromatic rings. The Bertz CT molecular complexity index is 378. The summed E-state index contributed by atoms with van der Waals surface area (Å²) in [5, 5.41) is 3.46. The smallest absolute Gasteiger partial charge is 0.159 e. The summed E-state index contributed by atoms with van der Waals surface area (Å²) in [4.78, 5) is 11.1. The molecule has 1 aromatic carbocycles. The third-order valence-electron chi connectivity index (χ3n) is 3.15. The van der Waals surface area contributed by atoms with Gasteiger partial charge in [-0.25, -0.2) is 0 Å². The van der Waals surface area contributed by atoms with Crippen LogP contribution in [-0.4, -0.2) is 11.8 Å². The number of carbonyl (C=O) groups is 1. The van der Waals surface area contributed by atoms with E-state index in [1.807, 2.05) is 24.3 Å². The van der Waals surface area contributed by atoms with Gasteiger partial charge in [-0.05, 0) is 43.0 Å². The van der Waals surface area contributed by atoms with Gasteiger partial charge in [-0.15, -0.1) is 0 Å². The quantitative estimate of drug-likeness (QED) is 0.765. The second kappa shape index (κ2) is 3.37. The zero-order valence-corrected chi connectivity index (χ0v) is 9.50. The summed E-state index contributed by atoms with van der Waals surface area (Å²) in [7, 11) is 0. The van der Waals surface area contributed by atoms with Crippen LogP contribution < -0.4 is 5.32 Å². The lowest BCUT2D eigenvalue weighted by Gasteiger charge is -2.08. The molecule has 1 fully saturated rings. The molecule has 1 N–H and O–H groups in total. The molecule has 2 rings (SSSR count). The zero-order valence-electron chi connectivity index (χ0n) is 9.50. The fraction of sp³-hybridized carbons (Fsp3) is 0.462. The van der Waals surface area contributed by atoms with Crippen molar-refractivity contribution in [3.63, 3.8) is 0 Å². The number of Topliss-reactive ketones (excluding diaryl/α,β-unsaturated/α-hetero) is 1. The highest BCUT2D eigenvalue weighted by Crippen LogP contribution is 2.46. The van der Waals surface area contributed by atoms with Crippen molar-refractivity contribution in [1.29, 1.82) is 0 Å². The standard InChI is InChI=1S/C13H17NO/c1-9(15)10-4-6-11(7-5-10)14-12-8-13(12,2)3/h4-7,12,14H,8H2,1-3H3. The van der Waals surface area contributed by atoms with E-state index in [-0.39, 0.29) is 5.78 Å². The molecule has 2 nitrogen and oxygen atoms in total. The highest BCUT2D eigenvalue weighted by Gasteiger charge is 2.45. The largest absolute Gasteiger partial charge is 0.382 e. The van der Waals surface area contributed by atoms with Crippen LogP contribution in [0.3, 0.4) is 0 Å². The van der Waals surface area contributed by atoms with Gasteiger partial charge in [0.25, 0.3) is 0 Å². The molecule has 1 atom stereocenters. The lowest BCUT2D eigenvalue weighted by atomic mass is 10.1. The summed E-state index contributed by atoms with van der Waals surface area (Å²) < 4.78 is 0. The molecule has 15 heavy (non-hydrogen) atoms. The minimum Gasteiger partial charge on any atom is -0.382 e. The van der Waals surface area contributed by atoms with Crippen molar-refractivity contribution in [2.45, 2.75) is 33.2 Å². The maximum Gasteiger partial charge on any atom is 0.159 e. The molecule has 0 aromatic heterocycles. The van der Waals surface area contributed by atoms with Gasteiger partial charge in [0.05, 0.1) is 0 Å². The third-order valence-corrected chi connectivity index (χ3v) is 3.15. The average Bonchev–Trinajstić information content (AvgIpc) is 2.74. The van der Waals surface area contributed by atoms with Gasteiger partial charge in [-0.1, -0.05) is 13.8 Å². The predicted octanol–water partition coefficient (Wildman–Crippen LogP) is 3.10. The maximum absolute atomic E-state index is 11.1. The van der Waals surface area contributed by atoms with Gasteiger partial charge in [-0.2, -0.15) is 0 Å². The number of benzene rings is 1. The number of hydrogen-bond donors (Lipinski definition) is 1. The lowest BCUT2D eigenvalue weighted by Crippen LogP contribution is -2.08. The van der Waals surface area contributed by atoms with Crippen LogP contribution in [0.25, 0.3) is 0 Å². The van der Waals surface area contributed by atoms with Crippen LogP contribution in [0.4, 0.5) is 5.69 Å². The molecule has 1 saturated carbocycles. The van der Waals surface area contributed by atoms with E-state index < -0.39 is 0 Å². The molecule has 0 heterocycles. The van der Waals surface area contributed by atoms with E-state index in [0.717, 1.165) is 11.3 Å². The first-order valence-corrected chi connectivity index (χ1v) is 5.36. The van der Waals surface area contributed by atoms with E-state index in [4.69, 9.17) is 0 Å². The van der Waals surface area contributed by atoms with Crippen molar-refractivity contribution in [1.82, 2.24) is 0 Å². The molecule has 0 radical (unpaired) electrons. The maximum atomic E-state index is 11.1. The van der Waals surface area contributed by atoms with Gasteiger partial charge < -0.3 is 5.32 Å². The highest BCUT2D eigenvalue weighted by molar-refractivity contribution is 5.94. The number of rotatable bonds is 3. The molecule has 1 aliphatic rings. The van der Waals surface area contributed by atoms with E-state index >= 15 is 0 Å². The Hall–Kier alpha value is -1.31. The Morgan fingerprint density at radius 1 is 1.33 bits per heavy atom. The molecule has 0 saturated heterocycles. The third kappa shape index (κ3) is 2.20. The minimum absolute atomic E-state index is 0.119. The number of carbonyl (C=O) groups excluding carboxylic acids is 1. The van der Waals surface area contributed by atoms with E-state index in [0.29, 0.717) is 11.5 Å². The molecule has 0 bridgehead atoms. The Kier molecular flexibility index (Phi) is 2.29. The van der Waals surface area contributed by atoms with Crippen molar-refractivity contribution in [2.24, 2.45) is 5.41 Å². The summed E-state index contributed by atoms with van der Waals surface area (Å²) in [6.45, 7) is 6.11. The fourth-order valence-electron chi connectivity index (χ4n) is 1.72. The van der Waals surface area contributed by atoms with Crippen molar-refractivity contribution < 1.29 is 4.79 Å². The molecular weight excluding hydrogens is 186 g/mol. The van der Waals surface area contributed by atoms with Crippen molar-refractivity contribution in [3.05, 3.63) is 29.8 Å². The van der Waals surface area contributed by atoms with E-state index in [1.165, 1.54) is 6.42 Å². The summed E-state index contributed by atoms with van der Waals surface area (Å²) >= 11 is 0. The molecule has 1 unspecified atom stereocenters. The van der Waals surface area contributed by atoms with Crippen LogP contribution in [0, 0.1) is 5.41 Å². The van der Waals surface area contributed by atoms with Gasteiger partial charge in [0.2, 0.25) is 0 Å². The summed E-state index contributed by atoms with van der Waals surface area (Å²) in [5.74, 6) is 0.119. The molecule has 0 spiro atoms. The first-order valence-electron chi connectivity index (χ1n) is 5.36. The Morgan fingerprint density at radius 2 is 1.87 bits per heavy atom. The SMILES string of the molecule is CC(=O)c1ccc(NC2CC2(C)C)cc1. The van der Waals surface area contributed by atoms with Crippen LogP contribution in [0.15, 0.2) is 24.3 Å². The average molecular weight is 203 g/mol. The van der Waals surface area contributed by atoms with Gasteiger partial charge in [-0.3, -0.25) is 4.79 Å². The highest BCUT2D eigenvalue weighted by atomic mass is 16.1. The Labute approximate surface area is 90.7 Å². The number of hydrogen-bond acceptors (Lipinski definition) is 2. The van der Waals surface area contributed by atoms with Gasteiger partial charge in [0, 0.05) is 17.3 Å². The second-order valence-corrected chi connectivity index (χ2v) is 5.02. The topological polar surface area (TPSA) is 29.1 Å². The van der Waals surface area contributed by atoms with Crippen LogP contribution >= 0.6 is 0 Å². The molecule has 80 valence electrons. The molecular formula is C13H17NO. The number of nitrogens with one attached hydrogen (secondary N) is 1. The zero-order chi connectivity index (χ0) is 11.1.